The molecule has 0 saturated heterocycles. The van der Waals surface area contributed by atoms with Crippen molar-refractivity contribution >= 4 is 11.6 Å². The maximum absolute atomic E-state index is 12.0. The van der Waals surface area contributed by atoms with E-state index in [9.17, 15) is 9.59 Å². The molecular formula is C22H30O4. The van der Waals surface area contributed by atoms with E-state index in [2.05, 4.69) is 13.8 Å². The average molecular weight is 358 g/mol. The molecule has 0 fully saturated rings. The van der Waals surface area contributed by atoms with E-state index in [0.717, 1.165) is 38.5 Å². The SMILES string of the molecule is CCCCCOC=CC(=O)c1ccc(C(=O)/C=C/OCCCCC)cc1. The zero-order valence-electron chi connectivity index (χ0n) is 15.9. The van der Waals surface area contributed by atoms with Crippen LogP contribution < -0.4 is 0 Å². The minimum absolute atomic E-state index is 0.144. The number of ether oxygens (including phenoxy) is 2. The van der Waals surface area contributed by atoms with Crippen LogP contribution >= 0.6 is 0 Å². The Morgan fingerprint density at radius 3 is 1.46 bits per heavy atom. The van der Waals surface area contributed by atoms with Crippen molar-refractivity contribution in [3.05, 3.63) is 60.1 Å². The van der Waals surface area contributed by atoms with Gasteiger partial charge in [-0.05, 0) is 12.8 Å². The first-order valence-corrected chi connectivity index (χ1v) is 9.44. The van der Waals surface area contributed by atoms with Crippen LogP contribution in [0.3, 0.4) is 0 Å². The van der Waals surface area contributed by atoms with Crippen molar-refractivity contribution in [2.24, 2.45) is 0 Å². The number of allylic oxidation sites excluding steroid dienone is 2. The topological polar surface area (TPSA) is 52.6 Å². The van der Waals surface area contributed by atoms with Crippen molar-refractivity contribution in [3.63, 3.8) is 0 Å². The highest BCUT2D eigenvalue weighted by atomic mass is 16.5. The van der Waals surface area contributed by atoms with Gasteiger partial charge in [0.05, 0.1) is 25.7 Å². The zero-order chi connectivity index (χ0) is 19.0. The van der Waals surface area contributed by atoms with Crippen molar-refractivity contribution in [1.29, 1.82) is 0 Å². The molecule has 0 bridgehead atoms. The van der Waals surface area contributed by atoms with Gasteiger partial charge in [0.2, 0.25) is 0 Å². The molecule has 0 aliphatic carbocycles. The minimum atomic E-state index is -0.144. The van der Waals surface area contributed by atoms with Gasteiger partial charge in [0.1, 0.15) is 0 Å². The summed E-state index contributed by atoms with van der Waals surface area (Å²) >= 11 is 0. The Hall–Kier alpha value is -2.36. The van der Waals surface area contributed by atoms with Gasteiger partial charge in [0.15, 0.2) is 11.6 Å². The molecule has 142 valence electrons. The average Bonchev–Trinajstić information content (AvgIpc) is 2.67. The second-order valence-electron chi connectivity index (χ2n) is 6.07. The summed E-state index contributed by atoms with van der Waals surface area (Å²) in [4.78, 5) is 24.1. The van der Waals surface area contributed by atoms with Gasteiger partial charge in [-0.25, -0.2) is 0 Å². The van der Waals surface area contributed by atoms with E-state index < -0.39 is 0 Å². The van der Waals surface area contributed by atoms with Crippen LogP contribution in [0.4, 0.5) is 0 Å². The summed E-state index contributed by atoms with van der Waals surface area (Å²) in [6.07, 6.45) is 12.2. The van der Waals surface area contributed by atoms with Gasteiger partial charge in [0, 0.05) is 23.3 Å². The van der Waals surface area contributed by atoms with Gasteiger partial charge in [-0.2, -0.15) is 0 Å². The van der Waals surface area contributed by atoms with Crippen LogP contribution in [0.2, 0.25) is 0 Å². The summed E-state index contributed by atoms with van der Waals surface area (Å²) in [7, 11) is 0. The molecule has 4 heteroatoms. The summed E-state index contributed by atoms with van der Waals surface area (Å²) in [5, 5.41) is 0. The zero-order valence-corrected chi connectivity index (χ0v) is 15.9. The molecule has 0 atom stereocenters. The monoisotopic (exact) mass is 358 g/mol. The largest absolute Gasteiger partial charge is 0.501 e. The molecule has 0 unspecified atom stereocenters. The maximum atomic E-state index is 12.0. The minimum Gasteiger partial charge on any atom is -0.501 e. The lowest BCUT2D eigenvalue weighted by Gasteiger charge is -2.01. The Labute approximate surface area is 156 Å². The summed E-state index contributed by atoms with van der Waals surface area (Å²) in [5.74, 6) is -0.288. The van der Waals surface area contributed by atoms with Crippen molar-refractivity contribution in [1.82, 2.24) is 0 Å². The van der Waals surface area contributed by atoms with Crippen LogP contribution in [0, 0.1) is 0 Å². The molecule has 0 aliphatic rings. The lowest BCUT2D eigenvalue weighted by Crippen LogP contribution is -1.99. The van der Waals surface area contributed by atoms with Crippen LogP contribution in [0.1, 0.15) is 73.1 Å². The third-order valence-electron chi connectivity index (χ3n) is 3.82. The fraction of sp³-hybridized carbons (Fsp3) is 0.455. The molecule has 26 heavy (non-hydrogen) atoms. The Morgan fingerprint density at radius 1 is 0.731 bits per heavy atom. The smallest absolute Gasteiger partial charge is 0.188 e. The van der Waals surface area contributed by atoms with Crippen LogP contribution in [0.25, 0.3) is 0 Å². The molecule has 1 aromatic carbocycles. The van der Waals surface area contributed by atoms with Crippen LogP contribution in [0.5, 0.6) is 0 Å². The fourth-order valence-corrected chi connectivity index (χ4v) is 2.22. The number of hydrogen-bond acceptors (Lipinski definition) is 4. The second-order valence-corrected chi connectivity index (χ2v) is 6.07. The Bertz CT molecular complexity index is 532. The highest BCUT2D eigenvalue weighted by Gasteiger charge is 2.05. The van der Waals surface area contributed by atoms with Crippen LogP contribution in [-0.4, -0.2) is 24.8 Å². The van der Waals surface area contributed by atoms with E-state index in [1.165, 1.54) is 24.7 Å². The predicted octanol–water partition coefficient (Wildman–Crippen LogP) is 5.49. The molecular weight excluding hydrogens is 328 g/mol. The van der Waals surface area contributed by atoms with Gasteiger partial charge in [-0.3, -0.25) is 9.59 Å². The van der Waals surface area contributed by atoms with Crippen molar-refractivity contribution in [2.75, 3.05) is 13.2 Å². The van der Waals surface area contributed by atoms with E-state index in [4.69, 9.17) is 9.47 Å². The van der Waals surface area contributed by atoms with Gasteiger partial charge >= 0.3 is 0 Å². The molecule has 4 nitrogen and oxygen atoms in total. The van der Waals surface area contributed by atoms with Crippen molar-refractivity contribution in [2.45, 2.75) is 52.4 Å². The fourth-order valence-electron chi connectivity index (χ4n) is 2.22. The molecule has 0 spiro atoms. The molecule has 0 heterocycles. The number of ketones is 2. The Balaban J connectivity index is 2.41. The number of carbonyl (C=O) groups excluding carboxylic acids is 2. The van der Waals surface area contributed by atoms with Crippen molar-refractivity contribution in [3.8, 4) is 0 Å². The van der Waals surface area contributed by atoms with E-state index >= 15 is 0 Å². The van der Waals surface area contributed by atoms with E-state index in [-0.39, 0.29) is 11.6 Å². The molecule has 1 aromatic rings. The first-order chi connectivity index (χ1) is 12.7. The van der Waals surface area contributed by atoms with Gasteiger partial charge in [-0.15, -0.1) is 0 Å². The lowest BCUT2D eigenvalue weighted by atomic mass is 10.1. The molecule has 1 rings (SSSR count). The predicted molar refractivity (Wildman–Crippen MR) is 104 cm³/mol. The molecule has 0 radical (unpaired) electrons. The van der Waals surface area contributed by atoms with Crippen LogP contribution in [-0.2, 0) is 9.47 Å². The highest BCUT2D eigenvalue weighted by Crippen LogP contribution is 2.08. The summed E-state index contributed by atoms with van der Waals surface area (Å²) in [6.45, 7) is 5.50. The summed E-state index contributed by atoms with van der Waals surface area (Å²) in [6, 6.07) is 6.58. The number of carbonyl (C=O) groups is 2. The maximum Gasteiger partial charge on any atom is 0.188 e. The third-order valence-corrected chi connectivity index (χ3v) is 3.82. The van der Waals surface area contributed by atoms with Crippen LogP contribution in [0.15, 0.2) is 48.9 Å². The summed E-state index contributed by atoms with van der Waals surface area (Å²) < 4.78 is 10.6. The lowest BCUT2D eigenvalue weighted by molar-refractivity contribution is 0.103. The Morgan fingerprint density at radius 2 is 1.12 bits per heavy atom. The standard InChI is InChI=1S/C22H30O4/c1-3-5-7-15-25-17-13-21(23)19-9-11-20(12-10-19)22(24)14-18-26-16-8-6-4-2/h9-14,17-18H,3-8,15-16H2,1-2H3/b17-13+,18-14?. The van der Waals surface area contributed by atoms with E-state index in [1.807, 2.05) is 0 Å². The first-order valence-electron chi connectivity index (χ1n) is 9.44. The normalized spacial score (nSPS) is 11.2. The third kappa shape index (κ3) is 9.21. The Kier molecular flexibility index (Phi) is 11.6. The summed E-state index contributed by atoms with van der Waals surface area (Å²) in [5.41, 5.74) is 1.05. The van der Waals surface area contributed by atoms with Gasteiger partial charge < -0.3 is 9.47 Å². The molecule has 0 aliphatic heterocycles. The van der Waals surface area contributed by atoms with E-state index in [1.54, 1.807) is 24.3 Å². The molecule has 0 amide bonds. The second kappa shape index (κ2) is 13.9. The number of hydrogen-bond donors (Lipinski definition) is 0. The molecule has 0 N–H and O–H groups in total. The van der Waals surface area contributed by atoms with Crippen molar-refractivity contribution < 1.29 is 19.1 Å². The quantitative estimate of drug-likeness (QED) is 0.191. The number of benzene rings is 1. The van der Waals surface area contributed by atoms with E-state index in [0.29, 0.717) is 24.3 Å². The number of rotatable bonds is 14. The van der Waals surface area contributed by atoms with Gasteiger partial charge in [-0.1, -0.05) is 63.8 Å². The molecule has 0 saturated carbocycles. The highest BCUT2D eigenvalue weighted by molar-refractivity contribution is 6.07. The first kappa shape index (κ1) is 21.7. The number of unbranched alkanes of at least 4 members (excludes halogenated alkanes) is 4. The molecule has 0 aromatic heterocycles. The van der Waals surface area contributed by atoms with Gasteiger partial charge in [0.25, 0.3) is 0 Å².